The van der Waals surface area contributed by atoms with E-state index in [4.69, 9.17) is 11.6 Å². The summed E-state index contributed by atoms with van der Waals surface area (Å²) in [5.41, 5.74) is 1.53. The van der Waals surface area contributed by atoms with Crippen LogP contribution < -0.4 is 4.72 Å². The number of benzene rings is 2. The summed E-state index contributed by atoms with van der Waals surface area (Å²) in [5, 5.41) is 0. The molecule has 2 aromatic rings. The Bertz CT molecular complexity index is 732. The molecule has 2 aromatic carbocycles. The summed E-state index contributed by atoms with van der Waals surface area (Å²) < 4.78 is 40.3. The molecule has 0 aliphatic carbocycles. The first-order chi connectivity index (χ1) is 9.44. The van der Waals surface area contributed by atoms with Crippen molar-refractivity contribution in [1.82, 2.24) is 0 Å². The number of hydrogen-bond acceptors (Lipinski definition) is 2. The number of aryl methyl sites for hydroxylation is 1. The van der Waals surface area contributed by atoms with Gasteiger partial charge in [-0.3, -0.25) is 4.72 Å². The lowest BCUT2D eigenvalue weighted by atomic mass is 10.2. The van der Waals surface area contributed by atoms with Crippen molar-refractivity contribution in [3.63, 3.8) is 0 Å². The van der Waals surface area contributed by atoms with E-state index in [0.29, 0.717) is 16.8 Å². The second kappa shape index (κ2) is 5.81. The van der Waals surface area contributed by atoms with E-state index in [9.17, 15) is 12.8 Å². The van der Waals surface area contributed by atoms with E-state index >= 15 is 0 Å². The number of sulfonamides is 1. The maximum absolute atomic E-state index is 13.2. The fourth-order valence-corrected chi connectivity index (χ4v) is 3.39. The van der Waals surface area contributed by atoms with Crippen LogP contribution in [0.2, 0.25) is 0 Å². The van der Waals surface area contributed by atoms with Crippen LogP contribution >= 0.6 is 11.6 Å². The van der Waals surface area contributed by atoms with Gasteiger partial charge >= 0.3 is 0 Å². The molecule has 0 aliphatic heterocycles. The number of alkyl halides is 1. The number of para-hydroxylation sites is 1. The van der Waals surface area contributed by atoms with E-state index in [0.717, 1.165) is 6.07 Å². The molecular weight excluding hydrogens is 301 g/mol. The molecule has 0 radical (unpaired) electrons. The SMILES string of the molecule is Cc1ccc(F)cc1S(=O)(=O)Nc1ccccc1CCl. The van der Waals surface area contributed by atoms with Crippen molar-refractivity contribution in [2.24, 2.45) is 0 Å². The Morgan fingerprint density at radius 2 is 1.90 bits per heavy atom. The molecule has 6 heteroatoms. The molecule has 2 rings (SSSR count). The minimum Gasteiger partial charge on any atom is -0.279 e. The largest absolute Gasteiger partial charge is 0.279 e. The molecule has 20 heavy (non-hydrogen) atoms. The molecule has 3 nitrogen and oxygen atoms in total. The fraction of sp³-hybridized carbons (Fsp3) is 0.143. The third kappa shape index (κ3) is 3.11. The monoisotopic (exact) mass is 313 g/mol. The van der Waals surface area contributed by atoms with Crippen molar-refractivity contribution in [2.75, 3.05) is 4.72 Å². The van der Waals surface area contributed by atoms with Crippen molar-refractivity contribution in [3.8, 4) is 0 Å². The van der Waals surface area contributed by atoms with Crippen LogP contribution in [0.25, 0.3) is 0 Å². The zero-order valence-electron chi connectivity index (χ0n) is 10.7. The van der Waals surface area contributed by atoms with Gasteiger partial charge in [-0.25, -0.2) is 12.8 Å². The van der Waals surface area contributed by atoms with Gasteiger partial charge in [0.1, 0.15) is 5.82 Å². The third-order valence-electron chi connectivity index (χ3n) is 2.85. The van der Waals surface area contributed by atoms with Gasteiger partial charge in [0.05, 0.1) is 10.6 Å². The predicted octanol–water partition coefficient (Wildman–Crippen LogP) is 3.67. The van der Waals surface area contributed by atoms with E-state index < -0.39 is 15.8 Å². The third-order valence-corrected chi connectivity index (χ3v) is 4.64. The maximum atomic E-state index is 13.2. The van der Waals surface area contributed by atoms with Gasteiger partial charge in [0, 0.05) is 5.88 Å². The Kier molecular flexibility index (Phi) is 4.30. The molecule has 0 bridgehead atoms. The van der Waals surface area contributed by atoms with Gasteiger partial charge < -0.3 is 0 Å². The molecule has 0 spiro atoms. The number of anilines is 1. The summed E-state index contributed by atoms with van der Waals surface area (Å²) in [7, 11) is -3.85. The van der Waals surface area contributed by atoms with Crippen LogP contribution in [0.3, 0.4) is 0 Å². The molecule has 0 saturated carbocycles. The molecular formula is C14H13ClFNO2S. The minimum absolute atomic E-state index is 0.0816. The van der Waals surface area contributed by atoms with E-state index in [2.05, 4.69) is 4.72 Å². The summed E-state index contributed by atoms with van der Waals surface area (Å²) in [6.07, 6.45) is 0. The average molecular weight is 314 g/mol. The average Bonchev–Trinajstić information content (AvgIpc) is 2.41. The van der Waals surface area contributed by atoms with Crippen LogP contribution in [0, 0.1) is 12.7 Å². The first kappa shape index (κ1) is 14.8. The molecule has 0 aromatic heterocycles. The zero-order valence-corrected chi connectivity index (χ0v) is 12.3. The highest BCUT2D eigenvalue weighted by molar-refractivity contribution is 7.92. The quantitative estimate of drug-likeness (QED) is 0.875. The molecule has 0 fully saturated rings. The van der Waals surface area contributed by atoms with Crippen LogP contribution in [0.15, 0.2) is 47.4 Å². The Morgan fingerprint density at radius 1 is 1.20 bits per heavy atom. The lowest BCUT2D eigenvalue weighted by molar-refractivity contribution is 0.594. The normalized spacial score (nSPS) is 11.3. The van der Waals surface area contributed by atoms with E-state index in [1.54, 1.807) is 31.2 Å². The number of halogens is 2. The summed E-state index contributed by atoms with van der Waals surface area (Å²) >= 11 is 5.77. The van der Waals surface area contributed by atoms with Crippen LogP contribution in [0.1, 0.15) is 11.1 Å². The summed E-state index contributed by atoms with van der Waals surface area (Å²) in [4.78, 5) is -0.0816. The summed E-state index contributed by atoms with van der Waals surface area (Å²) in [5.74, 6) is -0.414. The lowest BCUT2D eigenvalue weighted by Gasteiger charge is -2.12. The van der Waals surface area contributed by atoms with Crippen LogP contribution in [-0.4, -0.2) is 8.42 Å². The molecule has 0 saturated heterocycles. The van der Waals surface area contributed by atoms with E-state index in [1.807, 2.05) is 0 Å². The highest BCUT2D eigenvalue weighted by Crippen LogP contribution is 2.23. The van der Waals surface area contributed by atoms with Gasteiger partial charge in [0.25, 0.3) is 10.0 Å². The topological polar surface area (TPSA) is 46.2 Å². The van der Waals surface area contributed by atoms with Crippen LogP contribution in [0.5, 0.6) is 0 Å². The Balaban J connectivity index is 2.43. The van der Waals surface area contributed by atoms with E-state index in [-0.39, 0.29) is 10.8 Å². The lowest BCUT2D eigenvalue weighted by Crippen LogP contribution is -2.15. The zero-order chi connectivity index (χ0) is 14.8. The Morgan fingerprint density at radius 3 is 2.60 bits per heavy atom. The van der Waals surface area contributed by atoms with Crippen LogP contribution in [-0.2, 0) is 15.9 Å². The first-order valence-electron chi connectivity index (χ1n) is 5.87. The Labute approximate surface area is 122 Å². The molecule has 0 unspecified atom stereocenters. The van der Waals surface area contributed by atoms with Crippen molar-refractivity contribution >= 4 is 27.3 Å². The second-order valence-corrected chi connectivity index (χ2v) is 6.22. The highest BCUT2D eigenvalue weighted by Gasteiger charge is 2.18. The number of rotatable bonds is 4. The van der Waals surface area contributed by atoms with Gasteiger partial charge in [-0.2, -0.15) is 0 Å². The smallest absolute Gasteiger partial charge is 0.262 e. The second-order valence-electron chi connectivity index (χ2n) is 4.31. The van der Waals surface area contributed by atoms with Gasteiger partial charge in [-0.1, -0.05) is 24.3 Å². The molecule has 0 atom stereocenters. The predicted molar refractivity (Wildman–Crippen MR) is 77.9 cm³/mol. The molecule has 0 aliphatic rings. The van der Waals surface area contributed by atoms with Crippen molar-refractivity contribution < 1.29 is 12.8 Å². The van der Waals surface area contributed by atoms with E-state index in [1.165, 1.54) is 12.1 Å². The molecule has 0 heterocycles. The van der Waals surface area contributed by atoms with Crippen LogP contribution in [0.4, 0.5) is 10.1 Å². The number of hydrogen-bond donors (Lipinski definition) is 1. The van der Waals surface area contributed by atoms with Crippen molar-refractivity contribution in [1.29, 1.82) is 0 Å². The summed E-state index contributed by atoms with van der Waals surface area (Å²) in [6.45, 7) is 1.61. The van der Waals surface area contributed by atoms with Gasteiger partial charge in [-0.15, -0.1) is 11.6 Å². The van der Waals surface area contributed by atoms with Crippen molar-refractivity contribution in [3.05, 3.63) is 59.4 Å². The fourth-order valence-electron chi connectivity index (χ4n) is 1.80. The molecule has 0 amide bonds. The Hall–Kier alpha value is -1.59. The number of nitrogens with one attached hydrogen (secondary N) is 1. The van der Waals surface area contributed by atoms with Gasteiger partial charge in [-0.05, 0) is 36.2 Å². The standard InChI is InChI=1S/C14H13ClFNO2S/c1-10-6-7-12(16)8-14(10)20(18,19)17-13-5-3-2-4-11(13)9-15/h2-8,17H,9H2,1H3. The van der Waals surface area contributed by atoms with Crippen molar-refractivity contribution in [2.45, 2.75) is 17.7 Å². The van der Waals surface area contributed by atoms with Gasteiger partial charge in [0.2, 0.25) is 0 Å². The molecule has 1 N–H and O–H groups in total. The first-order valence-corrected chi connectivity index (χ1v) is 7.88. The molecule has 106 valence electrons. The maximum Gasteiger partial charge on any atom is 0.262 e. The van der Waals surface area contributed by atoms with Gasteiger partial charge in [0.15, 0.2) is 0 Å². The highest BCUT2D eigenvalue weighted by atomic mass is 35.5. The minimum atomic E-state index is -3.85. The summed E-state index contributed by atoms with van der Waals surface area (Å²) in [6, 6.07) is 10.5.